The highest BCUT2D eigenvalue weighted by Crippen LogP contribution is 2.26. The van der Waals surface area contributed by atoms with Crippen molar-refractivity contribution in [2.45, 2.75) is 26.4 Å². The van der Waals surface area contributed by atoms with E-state index in [1.165, 1.54) is 0 Å². The van der Waals surface area contributed by atoms with Crippen LogP contribution in [0.5, 0.6) is 5.88 Å². The second-order valence-electron chi connectivity index (χ2n) is 6.41. The van der Waals surface area contributed by atoms with Gasteiger partial charge in [0.2, 0.25) is 17.4 Å². The summed E-state index contributed by atoms with van der Waals surface area (Å²) in [5.41, 5.74) is 8.22. The molecule has 8 heteroatoms. The molecule has 0 saturated carbocycles. The first-order valence-corrected chi connectivity index (χ1v) is 8.72. The Morgan fingerprint density at radius 2 is 2.11 bits per heavy atom. The van der Waals surface area contributed by atoms with Gasteiger partial charge in [-0.05, 0) is 31.5 Å². The van der Waals surface area contributed by atoms with Crippen LogP contribution in [-0.2, 0) is 16.0 Å². The zero-order chi connectivity index (χ0) is 19.7. The topological polar surface area (TPSA) is 113 Å². The van der Waals surface area contributed by atoms with Crippen LogP contribution in [0.3, 0.4) is 0 Å². The quantitative estimate of drug-likeness (QED) is 0.721. The molecule has 0 fully saturated rings. The van der Waals surface area contributed by atoms with Gasteiger partial charge >= 0.3 is 0 Å². The van der Waals surface area contributed by atoms with Crippen LogP contribution in [0, 0.1) is 0 Å². The van der Waals surface area contributed by atoms with Gasteiger partial charge in [-0.2, -0.15) is 0 Å². The van der Waals surface area contributed by atoms with E-state index in [1.54, 1.807) is 38.4 Å². The number of rotatable bonds is 5. The molecule has 1 unspecified atom stereocenters. The molecule has 2 N–H and O–H groups in total. The lowest BCUT2D eigenvalue weighted by atomic mass is 10.1. The van der Waals surface area contributed by atoms with Crippen molar-refractivity contribution in [2.24, 2.45) is 0 Å². The lowest BCUT2D eigenvalue weighted by Crippen LogP contribution is -2.16. The zero-order valence-corrected chi connectivity index (χ0v) is 15.4. The smallest absolute Gasteiger partial charge is 0.241 e. The molecular formula is C20H18N4O4. The molecule has 8 nitrogen and oxygen atoms in total. The Morgan fingerprint density at radius 1 is 1.25 bits per heavy atom. The Balaban J connectivity index is 1.45. The van der Waals surface area contributed by atoms with E-state index < -0.39 is 6.10 Å². The summed E-state index contributed by atoms with van der Waals surface area (Å²) >= 11 is 0. The number of aromatic nitrogens is 3. The van der Waals surface area contributed by atoms with Crippen molar-refractivity contribution in [3.05, 3.63) is 65.5 Å². The summed E-state index contributed by atoms with van der Waals surface area (Å²) in [4.78, 5) is 20.3. The number of hydrogen-bond acceptors (Lipinski definition) is 8. The molecule has 0 spiro atoms. The normalized spacial score (nSPS) is 16.4. The summed E-state index contributed by atoms with van der Waals surface area (Å²) in [5, 5.41) is 4.08. The average Bonchev–Trinajstić information content (AvgIpc) is 3.23. The number of pyridine rings is 2. The van der Waals surface area contributed by atoms with Crippen LogP contribution < -0.4 is 10.5 Å². The third kappa shape index (κ3) is 3.44. The number of nitrogen functional groups attached to an aromatic ring is 1. The maximum Gasteiger partial charge on any atom is 0.241 e. The number of nitrogens with zero attached hydrogens (tertiary/aromatic N) is 3. The Bertz CT molecular complexity index is 1060. The molecule has 3 aromatic heterocycles. The minimum Gasteiger partial charge on any atom is -0.483 e. The lowest BCUT2D eigenvalue weighted by molar-refractivity contribution is -0.122. The van der Waals surface area contributed by atoms with Gasteiger partial charge in [-0.25, -0.2) is 9.97 Å². The van der Waals surface area contributed by atoms with Crippen LogP contribution in [0.4, 0.5) is 5.82 Å². The first kappa shape index (κ1) is 17.7. The highest BCUT2D eigenvalue weighted by molar-refractivity contribution is 5.99. The minimum absolute atomic E-state index is 0.187. The number of Topliss-reactive ketones (excluding diaryl/α,β-unsaturated/α-hetero) is 1. The predicted molar refractivity (Wildman–Crippen MR) is 100 cm³/mol. The number of nitrogens with two attached hydrogens (primary N) is 1. The van der Waals surface area contributed by atoms with Crippen LogP contribution in [0.1, 0.15) is 25.1 Å². The van der Waals surface area contributed by atoms with E-state index in [0.29, 0.717) is 35.2 Å². The number of anilines is 1. The molecule has 142 valence electrons. The van der Waals surface area contributed by atoms with Crippen molar-refractivity contribution in [1.29, 1.82) is 0 Å². The fourth-order valence-corrected chi connectivity index (χ4v) is 2.89. The summed E-state index contributed by atoms with van der Waals surface area (Å²) in [6.07, 6.45) is 3.29. The fraction of sp³-hybridized carbons (Fsp3) is 0.200. The standard InChI is InChI=1S/C20H18N4O4/c1-11-18(25)19(12(2)26-11)27-17-6-5-13(10-23-17)8-14-9-16(28-24-14)15-4-3-7-22-20(15)21/h3-7,9-11H,8H2,1-2H3,(H2,21,22). The summed E-state index contributed by atoms with van der Waals surface area (Å²) in [7, 11) is 0. The Labute approximate surface area is 161 Å². The van der Waals surface area contributed by atoms with E-state index in [2.05, 4.69) is 15.1 Å². The molecule has 1 atom stereocenters. The number of allylic oxidation sites excluding steroid dienone is 1. The van der Waals surface area contributed by atoms with Gasteiger partial charge in [0.1, 0.15) is 11.6 Å². The molecule has 4 rings (SSSR count). The van der Waals surface area contributed by atoms with Gasteiger partial charge < -0.3 is 19.7 Å². The number of carbonyl (C=O) groups is 1. The van der Waals surface area contributed by atoms with Crippen molar-refractivity contribution in [3.63, 3.8) is 0 Å². The molecule has 1 aliphatic rings. The molecule has 0 aromatic carbocycles. The van der Waals surface area contributed by atoms with Gasteiger partial charge in [0.05, 0.1) is 11.3 Å². The van der Waals surface area contributed by atoms with Gasteiger partial charge in [0.25, 0.3) is 0 Å². The van der Waals surface area contributed by atoms with E-state index in [0.717, 1.165) is 11.3 Å². The van der Waals surface area contributed by atoms with Gasteiger partial charge in [-0.15, -0.1) is 0 Å². The summed E-state index contributed by atoms with van der Waals surface area (Å²) in [6, 6.07) is 8.99. The Hall–Kier alpha value is -3.68. The maximum absolute atomic E-state index is 12.0. The highest BCUT2D eigenvalue weighted by atomic mass is 16.5. The molecular weight excluding hydrogens is 360 g/mol. The van der Waals surface area contributed by atoms with Gasteiger partial charge in [0, 0.05) is 30.9 Å². The zero-order valence-electron chi connectivity index (χ0n) is 15.4. The molecule has 28 heavy (non-hydrogen) atoms. The average molecular weight is 378 g/mol. The molecule has 0 saturated heterocycles. The summed E-state index contributed by atoms with van der Waals surface area (Å²) in [6.45, 7) is 3.38. The van der Waals surface area contributed by atoms with E-state index in [9.17, 15) is 4.79 Å². The second kappa shape index (κ2) is 7.15. The second-order valence-corrected chi connectivity index (χ2v) is 6.41. The predicted octanol–water partition coefficient (Wildman–Crippen LogP) is 2.90. The Morgan fingerprint density at radius 3 is 2.79 bits per heavy atom. The molecule has 0 bridgehead atoms. The van der Waals surface area contributed by atoms with E-state index in [4.69, 9.17) is 19.7 Å². The number of carbonyl (C=O) groups excluding carboxylic acids is 1. The van der Waals surface area contributed by atoms with Crippen LogP contribution in [0.25, 0.3) is 11.3 Å². The van der Waals surface area contributed by atoms with Crippen molar-refractivity contribution >= 4 is 11.6 Å². The van der Waals surface area contributed by atoms with Gasteiger partial charge in [-0.3, -0.25) is 4.79 Å². The van der Waals surface area contributed by atoms with Crippen molar-refractivity contribution in [1.82, 2.24) is 15.1 Å². The first-order chi connectivity index (χ1) is 13.5. The monoisotopic (exact) mass is 378 g/mol. The lowest BCUT2D eigenvalue weighted by Gasteiger charge is -2.05. The molecule has 0 radical (unpaired) electrons. The van der Waals surface area contributed by atoms with Crippen LogP contribution in [0.2, 0.25) is 0 Å². The SMILES string of the molecule is CC1=C(Oc2ccc(Cc3cc(-c4cccnc4N)on3)cn2)C(=O)C(C)O1. The maximum atomic E-state index is 12.0. The summed E-state index contributed by atoms with van der Waals surface area (Å²) < 4.78 is 16.3. The third-order valence-electron chi connectivity index (χ3n) is 4.32. The van der Waals surface area contributed by atoms with Crippen LogP contribution >= 0.6 is 0 Å². The van der Waals surface area contributed by atoms with Crippen molar-refractivity contribution < 1.29 is 18.8 Å². The molecule has 0 amide bonds. The molecule has 1 aliphatic heterocycles. The van der Waals surface area contributed by atoms with E-state index in [1.807, 2.05) is 18.2 Å². The highest BCUT2D eigenvalue weighted by Gasteiger charge is 2.31. The Kier molecular flexibility index (Phi) is 4.52. The van der Waals surface area contributed by atoms with Crippen molar-refractivity contribution in [3.8, 4) is 17.2 Å². The molecule has 4 heterocycles. The fourth-order valence-electron chi connectivity index (χ4n) is 2.89. The number of ether oxygens (including phenoxy) is 2. The van der Waals surface area contributed by atoms with Crippen molar-refractivity contribution in [2.75, 3.05) is 5.73 Å². The van der Waals surface area contributed by atoms with E-state index >= 15 is 0 Å². The summed E-state index contributed by atoms with van der Waals surface area (Å²) in [5.74, 6) is 1.75. The largest absolute Gasteiger partial charge is 0.483 e. The third-order valence-corrected chi connectivity index (χ3v) is 4.32. The minimum atomic E-state index is -0.524. The molecule has 0 aliphatic carbocycles. The van der Waals surface area contributed by atoms with Gasteiger partial charge in [-0.1, -0.05) is 11.2 Å². The van der Waals surface area contributed by atoms with E-state index in [-0.39, 0.29) is 11.5 Å². The van der Waals surface area contributed by atoms with Crippen LogP contribution in [-0.4, -0.2) is 27.0 Å². The van der Waals surface area contributed by atoms with Crippen LogP contribution in [0.15, 0.2) is 58.8 Å². The first-order valence-electron chi connectivity index (χ1n) is 8.72. The number of ketones is 1. The van der Waals surface area contributed by atoms with Gasteiger partial charge in [0.15, 0.2) is 11.9 Å². The number of hydrogen-bond donors (Lipinski definition) is 1. The molecule has 3 aromatic rings.